The van der Waals surface area contributed by atoms with Crippen LogP contribution in [0, 0.1) is 5.82 Å². The van der Waals surface area contributed by atoms with Crippen molar-refractivity contribution in [2.24, 2.45) is 0 Å². The number of carbonyl (C=O) groups excluding carboxylic acids is 1. The van der Waals surface area contributed by atoms with Crippen molar-refractivity contribution in [2.45, 2.75) is 6.18 Å². The van der Waals surface area contributed by atoms with Gasteiger partial charge in [0.1, 0.15) is 5.82 Å². The van der Waals surface area contributed by atoms with E-state index in [-0.39, 0.29) is 5.56 Å². The van der Waals surface area contributed by atoms with Crippen molar-refractivity contribution in [3.8, 4) is 11.1 Å². The fourth-order valence-electron chi connectivity index (χ4n) is 1.82. The lowest BCUT2D eigenvalue weighted by atomic mass is 10.0. The molecule has 0 spiro atoms. The van der Waals surface area contributed by atoms with Gasteiger partial charge in [-0.3, -0.25) is 0 Å². The highest BCUT2D eigenvalue weighted by atomic mass is 19.4. The molecule has 2 nitrogen and oxygen atoms in total. The van der Waals surface area contributed by atoms with Gasteiger partial charge in [0.05, 0.1) is 18.2 Å². The molecule has 0 unspecified atom stereocenters. The minimum Gasteiger partial charge on any atom is -0.465 e. The molecule has 21 heavy (non-hydrogen) atoms. The number of hydrogen-bond acceptors (Lipinski definition) is 2. The molecular formula is C15H10F4O2. The zero-order chi connectivity index (χ0) is 15.6. The van der Waals surface area contributed by atoms with E-state index in [0.29, 0.717) is 11.1 Å². The Hall–Kier alpha value is -2.37. The van der Waals surface area contributed by atoms with Gasteiger partial charge in [-0.15, -0.1) is 0 Å². The fourth-order valence-corrected chi connectivity index (χ4v) is 1.82. The van der Waals surface area contributed by atoms with Crippen molar-refractivity contribution in [1.82, 2.24) is 0 Å². The second-order valence-electron chi connectivity index (χ2n) is 4.26. The van der Waals surface area contributed by atoms with Crippen LogP contribution in [-0.4, -0.2) is 13.1 Å². The van der Waals surface area contributed by atoms with E-state index >= 15 is 0 Å². The van der Waals surface area contributed by atoms with Crippen molar-refractivity contribution in [1.29, 1.82) is 0 Å². The largest absolute Gasteiger partial charge is 0.465 e. The lowest BCUT2D eigenvalue weighted by Crippen LogP contribution is -2.05. The van der Waals surface area contributed by atoms with Crippen LogP contribution in [0.2, 0.25) is 0 Å². The van der Waals surface area contributed by atoms with Gasteiger partial charge in [-0.25, -0.2) is 9.18 Å². The summed E-state index contributed by atoms with van der Waals surface area (Å²) >= 11 is 0. The minimum atomic E-state index is -4.42. The van der Waals surface area contributed by atoms with Crippen LogP contribution in [0.15, 0.2) is 42.5 Å². The topological polar surface area (TPSA) is 26.3 Å². The van der Waals surface area contributed by atoms with Crippen LogP contribution in [0.25, 0.3) is 11.1 Å². The summed E-state index contributed by atoms with van der Waals surface area (Å²) in [6.07, 6.45) is -4.42. The molecule has 0 heterocycles. The van der Waals surface area contributed by atoms with Gasteiger partial charge < -0.3 is 4.74 Å². The molecular weight excluding hydrogens is 288 g/mol. The predicted octanol–water partition coefficient (Wildman–Crippen LogP) is 4.30. The molecule has 0 atom stereocenters. The Kier molecular flexibility index (Phi) is 3.97. The molecule has 0 aromatic heterocycles. The zero-order valence-electron chi connectivity index (χ0n) is 10.9. The number of rotatable bonds is 2. The number of alkyl halides is 3. The Labute approximate surface area is 118 Å². The SMILES string of the molecule is COC(=O)c1cc(-c2ccc(C(F)(F)F)cc2)ccc1F. The van der Waals surface area contributed by atoms with Gasteiger partial charge in [-0.05, 0) is 35.4 Å². The third-order valence-electron chi connectivity index (χ3n) is 2.92. The summed E-state index contributed by atoms with van der Waals surface area (Å²) in [5, 5.41) is 0. The Balaban J connectivity index is 2.41. The highest BCUT2D eigenvalue weighted by molar-refractivity contribution is 5.91. The van der Waals surface area contributed by atoms with E-state index in [2.05, 4.69) is 4.74 Å². The van der Waals surface area contributed by atoms with Crippen molar-refractivity contribution in [3.05, 3.63) is 59.4 Å². The van der Waals surface area contributed by atoms with E-state index in [1.807, 2.05) is 0 Å². The number of carbonyl (C=O) groups is 1. The second kappa shape index (κ2) is 5.55. The zero-order valence-corrected chi connectivity index (χ0v) is 10.9. The molecule has 110 valence electrons. The molecule has 0 saturated heterocycles. The van der Waals surface area contributed by atoms with Crippen LogP contribution in [0.5, 0.6) is 0 Å². The van der Waals surface area contributed by atoms with Crippen LogP contribution < -0.4 is 0 Å². The number of benzene rings is 2. The van der Waals surface area contributed by atoms with Crippen LogP contribution in [0.4, 0.5) is 17.6 Å². The van der Waals surface area contributed by atoms with Crippen molar-refractivity contribution in [3.63, 3.8) is 0 Å². The van der Waals surface area contributed by atoms with E-state index in [1.54, 1.807) is 0 Å². The number of methoxy groups -OCH3 is 1. The smallest absolute Gasteiger partial charge is 0.416 e. The van der Waals surface area contributed by atoms with Gasteiger partial charge in [0.25, 0.3) is 0 Å². The molecule has 0 aliphatic carbocycles. The van der Waals surface area contributed by atoms with E-state index in [1.165, 1.54) is 24.3 Å². The van der Waals surface area contributed by atoms with Gasteiger partial charge in [-0.2, -0.15) is 13.2 Å². The third-order valence-corrected chi connectivity index (χ3v) is 2.92. The second-order valence-corrected chi connectivity index (χ2v) is 4.26. The van der Waals surface area contributed by atoms with Gasteiger partial charge >= 0.3 is 12.1 Å². The van der Waals surface area contributed by atoms with E-state index in [9.17, 15) is 22.4 Å². The summed E-state index contributed by atoms with van der Waals surface area (Å²) in [6, 6.07) is 8.06. The van der Waals surface area contributed by atoms with E-state index in [0.717, 1.165) is 25.3 Å². The van der Waals surface area contributed by atoms with Gasteiger partial charge in [0.2, 0.25) is 0 Å². The maximum Gasteiger partial charge on any atom is 0.416 e. The first-order valence-electron chi connectivity index (χ1n) is 5.88. The van der Waals surface area contributed by atoms with Crippen molar-refractivity contribution >= 4 is 5.97 Å². The molecule has 0 amide bonds. The summed E-state index contributed by atoms with van der Waals surface area (Å²) in [5.41, 5.74) is -0.185. The lowest BCUT2D eigenvalue weighted by Gasteiger charge is -2.09. The first kappa shape index (κ1) is 15.0. The average molecular weight is 298 g/mol. The minimum absolute atomic E-state index is 0.269. The molecule has 0 saturated carbocycles. The average Bonchev–Trinajstić information content (AvgIpc) is 2.46. The van der Waals surface area contributed by atoms with Gasteiger partial charge in [-0.1, -0.05) is 18.2 Å². The summed E-state index contributed by atoms with van der Waals surface area (Å²) in [4.78, 5) is 11.4. The summed E-state index contributed by atoms with van der Waals surface area (Å²) in [7, 11) is 1.12. The molecule has 2 aromatic carbocycles. The summed E-state index contributed by atoms with van der Waals surface area (Å²) < 4.78 is 55.4. The molecule has 2 rings (SSSR count). The van der Waals surface area contributed by atoms with Crippen molar-refractivity contribution in [2.75, 3.05) is 7.11 Å². The van der Waals surface area contributed by atoms with Crippen LogP contribution in [0.1, 0.15) is 15.9 Å². The Morgan fingerprint density at radius 1 is 1.00 bits per heavy atom. The molecule has 0 fully saturated rings. The van der Waals surface area contributed by atoms with Crippen molar-refractivity contribution < 1.29 is 27.1 Å². The molecule has 6 heteroatoms. The highest BCUT2D eigenvalue weighted by Crippen LogP contribution is 2.31. The summed E-state index contributed by atoms with van der Waals surface area (Å²) in [6.45, 7) is 0. The Bertz CT molecular complexity index is 660. The first-order valence-corrected chi connectivity index (χ1v) is 5.88. The monoisotopic (exact) mass is 298 g/mol. The molecule has 2 aromatic rings. The van der Waals surface area contributed by atoms with Crippen LogP contribution >= 0.6 is 0 Å². The molecule has 0 aliphatic heterocycles. The van der Waals surface area contributed by atoms with Gasteiger partial charge in [0, 0.05) is 0 Å². The van der Waals surface area contributed by atoms with Gasteiger partial charge in [0.15, 0.2) is 0 Å². The molecule has 0 radical (unpaired) electrons. The standard InChI is InChI=1S/C15H10F4O2/c1-21-14(20)12-8-10(4-7-13(12)16)9-2-5-11(6-3-9)15(17,18)19/h2-8H,1H3. The summed E-state index contributed by atoms with van der Waals surface area (Å²) in [5.74, 6) is -1.60. The maximum absolute atomic E-state index is 13.5. The quantitative estimate of drug-likeness (QED) is 0.610. The first-order chi connectivity index (χ1) is 9.82. The Morgan fingerprint density at radius 2 is 1.57 bits per heavy atom. The predicted molar refractivity (Wildman–Crippen MR) is 68.2 cm³/mol. The van der Waals surface area contributed by atoms with E-state index in [4.69, 9.17) is 0 Å². The van der Waals surface area contributed by atoms with Crippen LogP contribution in [-0.2, 0) is 10.9 Å². The highest BCUT2D eigenvalue weighted by Gasteiger charge is 2.30. The number of hydrogen-bond donors (Lipinski definition) is 0. The molecule has 0 N–H and O–H groups in total. The van der Waals surface area contributed by atoms with E-state index < -0.39 is 23.5 Å². The number of halogens is 4. The maximum atomic E-state index is 13.5. The molecule has 0 aliphatic rings. The normalized spacial score (nSPS) is 11.3. The number of esters is 1. The third kappa shape index (κ3) is 3.21. The lowest BCUT2D eigenvalue weighted by molar-refractivity contribution is -0.137. The fraction of sp³-hybridized carbons (Fsp3) is 0.133. The molecule has 0 bridgehead atoms. The number of ether oxygens (including phenoxy) is 1. The Morgan fingerprint density at radius 3 is 2.10 bits per heavy atom. The van der Waals surface area contributed by atoms with Crippen LogP contribution in [0.3, 0.4) is 0 Å².